The third kappa shape index (κ3) is 0.796. The third-order valence-electron chi connectivity index (χ3n) is 0.623. The molecule has 1 aliphatic rings. The van der Waals surface area contributed by atoms with Crippen LogP contribution in [0.3, 0.4) is 0 Å². The van der Waals surface area contributed by atoms with Crippen LogP contribution < -0.4 is 0 Å². The van der Waals surface area contributed by atoms with E-state index in [-0.39, 0.29) is 17.4 Å². The van der Waals surface area contributed by atoms with Gasteiger partial charge in [-0.2, -0.15) is 0 Å². The molecular weight excluding hydrogens is 185 g/mol. The van der Waals surface area contributed by atoms with Gasteiger partial charge in [-0.25, -0.2) is 0 Å². The van der Waals surface area contributed by atoms with Crippen LogP contribution in [-0.2, 0) is 0 Å². The van der Waals surface area contributed by atoms with Crippen LogP contribution in [0.2, 0.25) is 0 Å². The molecule has 0 aliphatic carbocycles. The van der Waals surface area contributed by atoms with Crippen molar-refractivity contribution in [3.05, 3.63) is 10.7 Å². The van der Waals surface area contributed by atoms with Crippen molar-refractivity contribution in [3.8, 4) is 0 Å². The molecule has 2 heteroatoms. The first-order chi connectivity index (χ1) is 2.39. The summed E-state index contributed by atoms with van der Waals surface area (Å²) in [6.45, 7) is 0. The first kappa shape index (κ1) is 3.94. The second kappa shape index (κ2) is 1.48. The summed E-state index contributed by atoms with van der Waals surface area (Å²) in [4.78, 5) is 0. The van der Waals surface area contributed by atoms with Crippen molar-refractivity contribution < 1.29 is 0 Å². The molecule has 0 N–H and O–H groups in total. The van der Waals surface area contributed by atoms with E-state index in [0.717, 1.165) is 0 Å². The average molecular weight is 188 g/mol. The van der Waals surface area contributed by atoms with Crippen molar-refractivity contribution in [2.75, 3.05) is 0 Å². The van der Waals surface area contributed by atoms with Gasteiger partial charge in [-0.05, 0) is 0 Å². The third-order valence-corrected chi connectivity index (χ3v) is 5.05. The zero-order valence-corrected chi connectivity index (χ0v) is 7.45. The molecule has 5 heavy (non-hydrogen) atoms. The van der Waals surface area contributed by atoms with E-state index in [1.807, 2.05) is 0 Å². The van der Waals surface area contributed by atoms with Crippen LogP contribution in [0.15, 0.2) is 10.7 Å². The van der Waals surface area contributed by atoms with Crippen molar-refractivity contribution in [3.63, 3.8) is 0 Å². The fourth-order valence-corrected chi connectivity index (χ4v) is 3.21. The first-order valence-electron chi connectivity index (χ1n) is 1.59. The normalized spacial score (nSPS) is 17.2. The Hall–Kier alpha value is 0.766. The Balaban J connectivity index is 2.71. The second-order valence-corrected chi connectivity index (χ2v) is 8.02. The van der Waals surface area contributed by atoms with Crippen LogP contribution in [0.4, 0.5) is 0 Å². The van der Waals surface area contributed by atoms with Crippen LogP contribution in [0.1, 0.15) is 0 Å². The zero-order valence-electron chi connectivity index (χ0n) is 2.77. The van der Waals surface area contributed by atoms with Crippen LogP contribution in [-0.4, -0.2) is 36.0 Å². The Morgan fingerprint density at radius 3 is 2.20 bits per heavy atom. The van der Waals surface area contributed by atoms with E-state index in [0.29, 0.717) is 0 Å². The van der Waals surface area contributed by atoms with E-state index >= 15 is 0 Å². The van der Waals surface area contributed by atoms with Gasteiger partial charge >= 0.3 is 46.7 Å². The molecule has 1 heterocycles. The average Bonchev–Trinajstić information content (AvgIpc) is 1.30. The van der Waals surface area contributed by atoms with Crippen LogP contribution in [0.25, 0.3) is 0 Å². The van der Waals surface area contributed by atoms with E-state index in [1.54, 1.807) is 2.97 Å². The van der Waals surface area contributed by atoms with Gasteiger partial charge in [0.25, 0.3) is 0 Å². The molecule has 0 amide bonds. The number of rotatable bonds is 0. The minimum atomic E-state index is -0.125. The van der Waals surface area contributed by atoms with Crippen molar-refractivity contribution in [2.45, 2.75) is 0 Å². The fraction of sp³-hybridized carbons (Fsp3) is 0. The van der Waals surface area contributed by atoms with Crippen molar-refractivity contribution in [1.29, 1.82) is 0 Å². The number of allylic oxidation sites excluding steroid dienone is 1. The van der Waals surface area contributed by atoms with Gasteiger partial charge < -0.3 is 0 Å². The van der Waals surface area contributed by atoms with Gasteiger partial charge in [0.1, 0.15) is 0 Å². The summed E-state index contributed by atoms with van der Waals surface area (Å²) in [6.07, 6.45) is 2.17. The summed E-state index contributed by atoms with van der Waals surface area (Å²) in [5.41, 5.74) is 0. The van der Waals surface area contributed by atoms with Crippen molar-refractivity contribution in [2.24, 2.45) is 0 Å². The van der Waals surface area contributed by atoms with Crippen molar-refractivity contribution in [1.82, 2.24) is 0 Å². The van der Waals surface area contributed by atoms with Gasteiger partial charge in [-0.3, -0.25) is 0 Å². The molecule has 0 bridgehead atoms. The quantitative estimate of drug-likeness (QED) is 0.438. The molecule has 0 aromatic heterocycles. The molecule has 0 saturated heterocycles. The van der Waals surface area contributed by atoms with E-state index in [9.17, 15) is 0 Å². The Morgan fingerprint density at radius 1 is 1.80 bits per heavy atom. The van der Waals surface area contributed by atoms with Crippen molar-refractivity contribution >= 4 is 36.0 Å². The molecule has 0 fully saturated rings. The summed E-state index contributed by atoms with van der Waals surface area (Å²) in [7, 11) is 0. The monoisotopic (exact) mass is 188 g/mol. The minimum absolute atomic E-state index is 0.125. The summed E-state index contributed by atoms with van der Waals surface area (Å²) < 4.78 is 3.89. The van der Waals surface area contributed by atoms with Gasteiger partial charge in [0.05, 0.1) is 0 Å². The predicted octanol–water partition coefficient (Wildman–Crippen LogP) is -0.751. The molecule has 0 aromatic carbocycles. The summed E-state index contributed by atoms with van der Waals surface area (Å²) >= 11 is 2.86. The zero-order chi connectivity index (χ0) is 3.70. The molecule has 0 saturated carbocycles. The predicted molar refractivity (Wildman–Crippen MR) is 27.0 cm³/mol. The number of hydrogen-bond donors (Lipinski definition) is 0. The maximum absolute atomic E-state index is 2.99. The molecule has 0 aromatic rings. The Bertz CT molecular complexity index is 84.9. The van der Waals surface area contributed by atoms with Crippen LogP contribution in [0, 0.1) is 0 Å². The van der Waals surface area contributed by atoms with Gasteiger partial charge in [0.2, 0.25) is 0 Å². The van der Waals surface area contributed by atoms with E-state index in [1.165, 1.54) is 0 Å². The molecule has 0 atom stereocenters. The van der Waals surface area contributed by atoms with E-state index < -0.39 is 0 Å². The second-order valence-electron chi connectivity index (χ2n) is 1.07. The summed E-state index contributed by atoms with van der Waals surface area (Å²) in [6, 6.07) is 0. The molecule has 0 radical (unpaired) electrons. The van der Waals surface area contributed by atoms with Gasteiger partial charge in [-0.1, -0.05) is 0 Å². The molecular formula is C3H3GaSe. The number of hydrogen-bond acceptors (Lipinski definition) is 0. The standard InChI is InChI=1S/C3H2Se.Ga.H/c1-2-3-4;;/h1-2H;;. The summed E-state index contributed by atoms with van der Waals surface area (Å²) in [5.74, 6) is 0. The van der Waals surface area contributed by atoms with E-state index in [2.05, 4.69) is 26.3 Å². The van der Waals surface area contributed by atoms with Gasteiger partial charge in [0, 0.05) is 0 Å². The fourth-order valence-electron chi connectivity index (χ4n) is 0.214. The molecule has 1 aliphatic heterocycles. The Morgan fingerprint density at radius 2 is 2.20 bits per heavy atom. The van der Waals surface area contributed by atoms with Gasteiger partial charge in [-0.15, -0.1) is 0 Å². The molecule has 1 rings (SSSR count). The SMILES string of the molecule is [Se]=[C]1C=[CH][GaH]1. The first-order valence-corrected chi connectivity index (χ1v) is 5.64. The topological polar surface area (TPSA) is 0 Å². The Labute approximate surface area is 46.8 Å². The molecule has 0 nitrogen and oxygen atoms in total. The molecule has 24 valence electrons. The maximum atomic E-state index is 2.99. The van der Waals surface area contributed by atoms with Crippen LogP contribution in [0.5, 0.6) is 0 Å². The van der Waals surface area contributed by atoms with Crippen LogP contribution >= 0.6 is 0 Å². The van der Waals surface area contributed by atoms with E-state index in [4.69, 9.17) is 0 Å². The molecule has 0 spiro atoms. The Kier molecular flexibility index (Phi) is 1.16. The molecule has 0 unspecified atom stereocenters. The van der Waals surface area contributed by atoms with Gasteiger partial charge in [0.15, 0.2) is 0 Å². The summed E-state index contributed by atoms with van der Waals surface area (Å²) in [5, 5.41) is 0.